The Morgan fingerprint density at radius 1 is 1.21 bits per heavy atom. The number of hydrogen-bond acceptors (Lipinski definition) is 3. The maximum atomic E-state index is 13.7. The highest BCUT2D eigenvalue weighted by atomic mass is 19.2. The molecule has 0 saturated heterocycles. The van der Waals surface area contributed by atoms with Crippen molar-refractivity contribution >= 4 is 5.97 Å². The largest absolute Gasteiger partial charge is 0.465 e. The molecule has 1 N–H and O–H groups in total. The van der Waals surface area contributed by atoms with Gasteiger partial charge in [0.1, 0.15) is 11.9 Å². The minimum absolute atomic E-state index is 0.119. The number of ether oxygens (including phenoxy) is 1. The summed E-state index contributed by atoms with van der Waals surface area (Å²) in [4.78, 5) is 11.7. The fourth-order valence-electron chi connectivity index (χ4n) is 1.59. The second kappa shape index (κ2) is 7.13. The number of esters is 1. The molecule has 0 bridgehead atoms. The molecule has 1 rings (SSSR count). The van der Waals surface area contributed by atoms with Gasteiger partial charge >= 0.3 is 5.97 Å². The van der Waals surface area contributed by atoms with Crippen molar-refractivity contribution in [3.05, 3.63) is 35.1 Å². The average molecular weight is 275 g/mol. The molecule has 3 nitrogen and oxygen atoms in total. The lowest BCUT2D eigenvalue weighted by Crippen LogP contribution is -2.31. The van der Waals surface area contributed by atoms with E-state index >= 15 is 0 Å². The van der Waals surface area contributed by atoms with Crippen molar-refractivity contribution in [2.45, 2.75) is 26.3 Å². The lowest BCUT2D eigenvalue weighted by molar-refractivity contribution is -0.145. The molecule has 1 aromatic rings. The van der Waals surface area contributed by atoms with E-state index in [0.717, 1.165) is 0 Å². The molecule has 0 amide bonds. The zero-order chi connectivity index (χ0) is 14.4. The van der Waals surface area contributed by atoms with Crippen LogP contribution in [0, 0.1) is 17.5 Å². The van der Waals surface area contributed by atoms with Gasteiger partial charge in [-0.05, 0) is 26.0 Å². The molecule has 0 aromatic heterocycles. The monoisotopic (exact) mass is 275 g/mol. The Labute approximate surface area is 109 Å². The van der Waals surface area contributed by atoms with Crippen LogP contribution in [0.2, 0.25) is 0 Å². The molecular weight excluding hydrogens is 259 g/mol. The molecule has 0 heterocycles. The maximum Gasteiger partial charge on any atom is 0.327 e. The lowest BCUT2D eigenvalue weighted by atomic mass is 10.1. The highest BCUT2D eigenvalue weighted by molar-refractivity contribution is 5.77. The molecule has 0 aliphatic rings. The number of carbonyl (C=O) groups is 1. The predicted molar refractivity (Wildman–Crippen MR) is 64.0 cm³/mol. The van der Waals surface area contributed by atoms with E-state index in [1.54, 1.807) is 6.92 Å². The van der Waals surface area contributed by atoms with E-state index in [1.807, 2.05) is 6.92 Å². The van der Waals surface area contributed by atoms with Crippen LogP contribution in [0.5, 0.6) is 0 Å². The Morgan fingerprint density at radius 3 is 2.42 bits per heavy atom. The second-order valence-electron chi connectivity index (χ2n) is 3.93. The summed E-state index contributed by atoms with van der Waals surface area (Å²) in [6, 6.07) is -0.0469. The maximum absolute atomic E-state index is 13.7. The summed E-state index contributed by atoms with van der Waals surface area (Å²) in [7, 11) is 0. The summed E-state index contributed by atoms with van der Waals surface area (Å²) < 4.78 is 44.5. The molecule has 0 saturated carbocycles. The summed E-state index contributed by atoms with van der Waals surface area (Å²) >= 11 is 0. The third-order valence-electron chi connectivity index (χ3n) is 2.47. The van der Waals surface area contributed by atoms with Crippen molar-refractivity contribution in [1.82, 2.24) is 5.32 Å². The van der Waals surface area contributed by atoms with Crippen LogP contribution in [0.15, 0.2) is 12.1 Å². The summed E-state index contributed by atoms with van der Waals surface area (Å²) in [6.07, 6.45) is 0.696. The Bertz CT molecular complexity index is 452. The van der Waals surface area contributed by atoms with E-state index in [4.69, 9.17) is 4.74 Å². The van der Waals surface area contributed by atoms with Gasteiger partial charge in [-0.25, -0.2) is 18.0 Å². The number of rotatable bonds is 6. The van der Waals surface area contributed by atoms with Gasteiger partial charge in [-0.15, -0.1) is 0 Å². The fraction of sp³-hybridized carbons (Fsp3) is 0.462. The van der Waals surface area contributed by atoms with E-state index in [1.165, 1.54) is 0 Å². The Morgan fingerprint density at radius 2 is 1.84 bits per heavy atom. The summed E-state index contributed by atoms with van der Waals surface area (Å²) in [5.74, 6) is -4.20. The zero-order valence-corrected chi connectivity index (χ0v) is 10.8. The van der Waals surface area contributed by atoms with Gasteiger partial charge in [0.2, 0.25) is 0 Å². The molecule has 19 heavy (non-hydrogen) atoms. The highest BCUT2D eigenvalue weighted by Crippen LogP contribution is 2.21. The van der Waals surface area contributed by atoms with Crippen LogP contribution in [-0.2, 0) is 9.53 Å². The van der Waals surface area contributed by atoms with Crippen molar-refractivity contribution in [2.75, 3.05) is 13.2 Å². The third kappa shape index (κ3) is 3.96. The number of benzene rings is 1. The SMILES string of the molecule is CCCNC(C(=O)OCC)c1cc(F)c(F)cc1F. The summed E-state index contributed by atoms with van der Waals surface area (Å²) in [5.41, 5.74) is -0.259. The van der Waals surface area contributed by atoms with Gasteiger partial charge < -0.3 is 10.1 Å². The van der Waals surface area contributed by atoms with E-state index in [0.29, 0.717) is 25.1 Å². The third-order valence-corrected chi connectivity index (χ3v) is 2.47. The van der Waals surface area contributed by atoms with Gasteiger partial charge in [-0.1, -0.05) is 6.92 Å². The van der Waals surface area contributed by atoms with Gasteiger partial charge in [0, 0.05) is 11.6 Å². The number of halogens is 3. The molecule has 106 valence electrons. The average Bonchev–Trinajstić information content (AvgIpc) is 2.36. The van der Waals surface area contributed by atoms with Gasteiger partial charge in [-0.3, -0.25) is 0 Å². The lowest BCUT2D eigenvalue weighted by Gasteiger charge is -2.18. The molecule has 1 aromatic carbocycles. The standard InChI is InChI=1S/C13H16F3NO2/c1-3-5-17-12(13(18)19-4-2)8-6-10(15)11(16)7-9(8)14/h6-7,12,17H,3-5H2,1-2H3. The van der Waals surface area contributed by atoms with Crippen molar-refractivity contribution in [3.63, 3.8) is 0 Å². The molecule has 1 atom stereocenters. The Balaban J connectivity index is 3.09. The van der Waals surface area contributed by atoms with Crippen LogP contribution in [0.1, 0.15) is 31.9 Å². The molecule has 0 spiro atoms. The Hall–Kier alpha value is -1.56. The first-order valence-electron chi connectivity index (χ1n) is 6.05. The van der Waals surface area contributed by atoms with Crippen molar-refractivity contribution in [2.24, 2.45) is 0 Å². The second-order valence-corrected chi connectivity index (χ2v) is 3.93. The zero-order valence-electron chi connectivity index (χ0n) is 10.8. The fourth-order valence-corrected chi connectivity index (χ4v) is 1.59. The van der Waals surface area contributed by atoms with Gasteiger partial charge in [0.15, 0.2) is 11.6 Å². The number of nitrogens with one attached hydrogen (secondary N) is 1. The first-order chi connectivity index (χ1) is 9.01. The van der Waals surface area contributed by atoms with Crippen molar-refractivity contribution in [1.29, 1.82) is 0 Å². The van der Waals surface area contributed by atoms with Crippen LogP contribution in [-0.4, -0.2) is 19.1 Å². The van der Waals surface area contributed by atoms with E-state index in [-0.39, 0.29) is 12.2 Å². The van der Waals surface area contributed by atoms with E-state index in [9.17, 15) is 18.0 Å². The molecule has 6 heteroatoms. The topological polar surface area (TPSA) is 38.3 Å². The summed E-state index contributed by atoms with van der Waals surface area (Å²) in [6.45, 7) is 4.00. The molecular formula is C13H16F3NO2. The first kappa shape index (κ1) is 15.5. The molecule has 0 aliphatic carbocycles. The quantitative estimate of drug-likeness (QED) is 0.641. The first-order valence-corrected chi connectivity index (χ1v) is 6.05. The minimum Gasteiger partial charge on any atom is -0.465 e. The van der Waals surface area contributed by atoms with Crippen LogP contribution in [0.25, 0.3) is 0 Å². The van der Waals surface area contributed by atoms with Crippen LogP contribution in [0.4, 0.5) is 13.2 Å². The minimum atomic E-state index is -1.29. The van der Waals surface area contributed by atoms with Crippen LogP contribution < -0.4 is 5.32 Å². The number of hydrogen-bond donors (Lipinski definition) is 1. The molecule has 0 fully saturated rings. The van der Waals surface area contributed by atoms with Crippen LogP contribution >= 0.6 is 0 Å². The molecule has 0 aliphatic heterocycles. The highest BCUT2D eigenvalue weighted by Gasteiger charge is 2.26. The van der Waals surface area contributed by atoms with Gasteiger partial charge in [0.05, 0.1) is 6.61 Å². The van der Waals surface area contributed by atoms with Crippen molar-refractivity contribution in [3.8, 4) is 0 Å². The predicted octanol–water partition coefficient (Wildman–Crippen LogP) is 2.71. The number of carbonyl (C=O) groups excluding carboxylic acids is 1. The van der Waals surface area contributed by atoms with Gasteiger partial charge in [0.25, 0.3) is 0 Å². The Kier molecular flexibility index (Phi) is 5.82. The normalized spacial score (nSPS) is 12.3. The summed E-state index contributed by atoms with van der Waals surface area (Å²) in [5, 5.41) is 2.75. The smallest absolute Gasteiger partial charge is 0.327 e. The van der Waals surface area contributed by atoms with Gasteiger partial charge in [-0.2, -0.15) is 0 Å². The molecule has 1 unspecified atom stereocenters. The van der Waals surface area contributed by atoms with E-state index < -0.39 is 29.5 Å². The molecule has 0 radical (unpaired) electrons. The van der Waals surface area contributed by atoms with E-state index in [2.05, 4.69) is 5.32 Å². The van der Waals surface area contributed by atoms with Crippen molar-refractivity contribution < 1.29 is 22.7 Å². The van der Waals surface area contributed by atoms with Crippen LogP contribution in [0.3, 0.4) is 0 Å².